The molecule has 1 aromatic heterocycles. The van der Waals surface area contributed by atoms with Gasteiger partial charge in [0.2, 0.25) is 0 Å². The third-order valence-corrected chi connectivity index (χ3v) is 2.91. The second kappa shape index (κ2) is 6.17. The first-order chi connectivity index (χ1) is 9.89. The summed E-state index contributed by atoms with van der Waals surface area (Å²) in [5, 5.41) is 7.39. The van der Waals surface area contributed by atoms with Crippen LogP contribution in [0.2, 0.25) is 0 Å². The Kier molecular flexibility index (Phi) is 4.52. The fourth-order valence-corrected chi connectivity index (χ4v) is 2.08. The van der Waals surface area contributed by atoms with E-state index in [2.05, 4.69) is 15.2 Å². The van der Waals surface area contributed by atoms with E-state index in [1.54, 1.807) is 23.0 Å². The summed E-state index contributed by atoms with van der Waals surface area (Å²) in [6.07, 6.45) is -1.08. The summed E-state index contributed by atoms with van der Waals surface area (Å²) < 4.78 is 42.0. The maximum Gasteiger partial charge on any atom is 0.573 e. The molecular formula is C14H16F3N3O. The van der Waals surface area contributed by atoms with Gasteiger partial charge in [-0.05, 0) is 24.2 Å². The summed E-state index contributed by atoms with van der Waals surface area (Å²) in [7, 11) is 1.81. The number of rotatable bonds is 5. The van der Waals surface area contributed by atoms with Crippen LogP contribution < -0.4 is 10.1 Å². The Morgan fingerprint density at radius 3 is 2.38 bits per heavy atom. The van der Waals surface area contributed by atoms with Crippen molar-refractivity contribution in [1.29, 1.82) is 0 Å². The first kappa shape index (κ1) is 15.4. The molecule has 0 aliphatic heterocycles. The molecule has 1 atom stereocenters. The molecular weight excluding hydrogens is 283 g/mol. The van der Waals surface area contributed by atoms with Crippen molar-refractivity contribution in [1.82, 2.24) is 15.1 Å². The van der Waals surface area contributed by atoms with E-state index in [4.69, 9.17) is 0 Å². The van der Waals surface area contributed by atoms with Crippen LogP contribution in [-0.4, -0.2) is 22.7 Å². The van der Waals surface area contributed by atoms with Crippen LogP contribution in [0.5, 0.6) is 5.75 Å². The molecule has 0 spiro atoms. The molecule has 4 nitrogen and oxygen atoms in total. The zero-order valence-corrected chi connectivity index (χ0v) is 11.7. The van der Waals surface area contributed by atoms with Crippen molar-refractivity contribution in [2.45, 2.75) is 19.3 Å². The molecule has 1 unspecified atom stereocenters. The molecule has 0 aliphatic rings. The Morgan fingerprint density at radius 2 is 1.90 bits per heavy atom. The molecule has 0 aliphatic carbocycles. The summed E-state index contributed by atoms with van der Waals surface area (Å²) in [6.45, 7) is 2.69. The first-order valence-corrected chi connectivity index (χ1v) is 6.46. The summed E-state index contributed by atoms with van der Waals surface area (Å²) in [4.78, 5) is 0. The Morgan fingerprint density at radius 1 is 1.24 bits per heavy atom. The number of ether oxygens (including phenoxy) is 1. The summed E-state index contributed by atoms with van der Waals surface area (Å²) >= 11 is 0. The lowest BCUT2D eigenvalue weighted by Gasteiger charge is -2.17. The highest BCUT2D eigenvalue weighted by Gasteiger charge is 2.31. The fourth-order valence-electron chi connectivity index (χ4n) is 2.08. The number of benzene rings is 1. The Bertz CT molecular complexity index is 578. The fraction of sp³-hybridized carbons (Fsp3) is 0.357. The van der Waals surface area contributed by atoms with Crippen LogP contribution in [0, 0.1) is 0 Å². The maximum absolute atomic E-state index is 12.1. The van der Waals surface area contributed by atoms with Gasteiger partial charge in [0.05, 0.1) is 12.2 Å². The minimum atomic E-state index is -4.67. The van der Waals surface area contributed by atoms with Crippen molar-refractivity contribution in [3.8, 4) is 5.75 Å². The number of halogens is 3. The molecule has 2 rings (SSSR count). The molecule has 0 saturated carbocycles. The van der Waals surface area contributed by atoms with Crippen LogP contribution >= 0.6 is 0 Å². The van der Waals surface area contributed by atoms with Crippen molar-refractivity contribution in [2.75, 3.05) is 6.54 Å². The third kappa shape index (κ3) is 4.22. The maximum atomic E-state index is 12.1. The second-order valence-electron chi connectivity index (χ2n) is 4.55. The monoisotopic (exact) mass is 299 g/mol. The van der Waals surface area contributed by atoms with Gasteiger partial charge in [0.15, 0.2) is 0 Å². The normalized spacial score (nSPS) is 13.2. The van der Waals surface area contributed by atoms with Crippen molar-refractivity contribution in [3.05, 3.63) is 47.8 Å². The standard InChI is InChI=1S/C14H16F3N3O/c1-3-18-13(11-8-19-20(2)9-11)10-4-6-12(7-5-10)21-14(15,16)17/h4-9,13,18H,3H2,1-2H3. The molecule has 2 aromatic rings. The highest BCUT2D eigenvalue weighted by molar-refractivity contribution is 5.34. The average molecular weight is 299 g/mol. The van der Waals surface area contributed by atoms with Gasteiger partial charge >= 0.3 is 6.36 Å². The summed E-state index contributed by atoms with van der Waals surface area (Å²) in [5.41, 5.74) is 1.79. The molecule has 114 valence electrons. The zero-order chi connectivity index (χ0) is 15.5. The lowest BCUT2D eigenvalue weighted by Crippen LogP contribution is -2.21. The van der Waals surface area contributed by atoms with Gasteiger partial charge in [-0.2, -0.15) is 5.10 Å². The minimum absolute atomic E-state index is 0.122. The predicted octanol–water partition coefficient (Wildman–Crippen LogP) is 3.02. The minimum Gasteiger partial charge on any atom is -0.406 e. The molecule has 0 amide bonds. The van der Waals surface area contributed by atoms with E-state index in [0.717, 1.165) is 17.7 Å². The van der Waals surface area contributed by atoms with Crippen LogP contribution in [0.1, 0.15) is 24.1 Å². The van der Waals surface area contributed by atoms with E-state index < -0.39 is 6.36 Å². The molecule has 21 heavy (non-hydrogen) atoms. The lowest BCUT2D eigenvalue weighted by molar-refractivity contribution is -0.274. The molecule has 1 heterocycles. The van der Waals surface area contributed by atoms with Gasteiger partial charge in [0.1, 0.15) is 5.75 Å². The van der Waals surface area contributed by atoms with Gasteiger partial charge in [-0.3, -0.25) is 4.68 Å². The molecule has 1 N–H and O–H groups in total. The number of nitrogens with zero attached hydrogens (tertiary/aromatic N) is 2. The molecule has 0 saturated heterocycles. The molecule has 0 bridgehead atoms. The second-order valence-corrected chi connectivity index (χ2v) is 4.55. The first-order valence-electron chi connectivity index (χ1n) is 6.46. The predicted molar refractivity (Wildman–Crippen MR) is 71.9 cm³/mol. The third-order valence-electron chi connectivity index (χ3n) is 2.91. The van der Waals surface area contributed by atoms with E-state index in [1.807, 2.05) is 20.2 Å². The zero-order valence-electron chi connectivity index (χ0n) is 11.7. The quantitative estimate of drug-likeness (QED) is 0.922. The summed E-state index contributed by atoms with van der Waals surface area (Å²) in [5.74, 6) is -0.229. The van der Waals surface area contributed by atoms with Gasteiger partial charge in [-0.1, -0.05) is 19.1 Å². The Labute approximate surface area is 120 Å². The van der Waals surface area contributed by atoms with Gasteiger partial charge in [0, 0.05) is 18.8 Å². The molecule has 0 radical (unpaired) electrons. The van der Waals surface area contributed by atoms with Gasteiger partial charge in [-0.25, -0.2) is 0 Å². The smallest absolute Gasteiger partial charge is 0.406 e. The SMILES string of the molecule is CCNC(c1ccc(OC(F)(F)F)cc1)c1cnn(C)c1. The molecule has 7 heteroatoms. The number of hydrogen-bond acceptors (Lipinski definition) is 3. The highest BCUT2D eigenvalue weighted by atomic mass is 19.4. The van der Waals surface area contributed by atoms with Crippen LogP contribution in [0.3, 0.4) is 0 Å². The number of alkyl halides is 3. The van der Waals surface area contributed by atoms with Crippen LogP contribution in [-0.2, 0) is 7.05 Å². The topological polar surface area (TPSA) is 39.1 Å². The average Bonchev–Trinajstić information content (AvgIpc) is 2.82. The van der Waals surface area contributed by atoms with Crippen molar-refractivity contribution in [3.63, 3.8) is 0 Å². The number of aromatic nitrogens is 2. The van der Waals surface area contributed by atoms with E-state index in [1.165, 1.54) is 12.1 Å². The van der Waals surface area contributed by atoms with Crippen LogP contribution in [0.25, 0.3) is 0 Å². The van der Waals surface area contributed by atoms with Crippen molar-refractivity contribution < 1.29 is 17.9 Å². The van der Waals surface area contributed by atoms with Crippen LogP contribution in [0.15, 0.2) is 36.7 Å². The van der Waals surface area contributed by atoms with E-state index in [-0.39, 0.29) is 11.8 Å². The van der Waals surface area contributed by atoms with Gasteiger partial charge in [0.25, 0.3) is 0 Å². The summed E-state index contributed by atoms with van der Waals surface area (Å²) in [6, 6.07) is 5.72. The number of nitrogens with one attached hydrogen (secondary N) is 1. The highest BCUT2D eigenvalue weighted by Crippen LogP contribution is 2.26. The lowest BCUT2D eigenvalue weighted by atomic mass is 10.0. The van der Waals surface area contributed by atoms with Crippen molar-refractivity contribution >= 4 is 0 Å². The van der Waals surface area contributed by atoms with Gasteiger partial charge in [-0.15, -0.1) is 13.2 Å². The number of aryl methyl sites for hydroxylation is 1. The van der Waals surface area contributed by atoms with Gasteiger partial charge < -0.3 is 10.1 Å². The van der Waals surface area contributed by atoms with Crippen molar-refractivity contribution in [2.24, 2.45) is 7.05 Å². The molecule has 1 aromatic carbocycles. The Balaban J connectivity index is 2.21. The van der Waals surface area contributed by atoms with Crippen LogP contribution in [0.4, 0.5) is 13.2 Å². The largest absolute Gasteiger partial charge is 0.573 e. The Hall–Kier alpha value is -2.02. The van der Waals surface area contributed by atoms with E-state index in [9.17, 15) is 13.2 Å². The number of hydrogen-bond donors (Lipinski definition) is 1. The van der Waals surface area contributed by atoms with E-state index >= 15 is 0 Å². The molecule has 0 fully saturated rings. The van der Waals surface area contributed by atoms with E-state index in [0.29, 0.717) is 0 Å².